The van der Waals surface area contributed by atoms with Crippen LogP contribution >= 0.6 is 0 Å². The summed E-state index contributed by atoms with van der Waals surface area (Å²) in [5.41, 5.74) is 1.13. The molecule has 5 rings (SSSR count). The molecule has 0 spiro atoms. The first kappa shape index (κ1) is 23.7. The monoisotopic (exact) mass is 495 g/mol. The Bertz CT molecular complexity index is 1240. The van der Waals surface area contributed by atoms with Crippen molar-refractivity contribution >= 4 is 33.4 Å². The molecule has 0 saturated heterocycles. The number of hydrogen-bond acceptors (Lipinski definition) is 5. The van der Waals surface area contributed by atoms with Crippen molar-refractivity contribution < 1.29 is 22.8 Å². The maximum absolute atomic E-state index is 12.9. The van der Waals surface area contributed by atoms with Gasteiger partial charge < -0.3 is 5.32 Å². The number of nitrogens with one attached hydrogen (secondary N) is 2. The first-order valence-electron chi connectivity index (χ1n) is 12.1. The van der Waals surface area contributed by atoms with Crippen LogP contribution in [0.5, 0.6) is 0 Å². The van der Waals surface area contributed by atoms with Gasteiger partial charge in [0.25, 0.3) is 11.8 Å². The Morgan fingerprint density at radius 3 is 2.23 bits per heavy atom. The number of hydrogen-bond donors (Lipinski definition) is 2. The molecule has 2 aromatic carbocycles. The zero-order valence-electron chi connectivity index (χ0n) is 19.6. The molecular weight excluding hydrogens is 466 g/mol. The van der Waals surface area contributed by atoms with E-state index in [-0.39, 0.29) is 29.8 Å². The summed E-state index contributed by atoms with van der Waals surface area (Å²) in [4.78, 5) is 38.5. The summed E-state index contributed by atoms with van der Waals surface area (Å²) in [6, 6.07) is 12.5. The fourth-order valence-electron chi connectivity index (χ4n) is 5.90. The number of anilines is 1. The minimum atomic E-state index is -3.66. The van der Waals surface area contributed by atoms with E-state index >= 15 is 0 Å². The highest BCUT2D eigenvalue weighted by Gasteiger charge is 2.42. The van der Waals surface area contributed by atoms with Crippen molar-refractivity contribution in [2.45, 2.75) is 50.0 Å². The third kappa shape index (κ3) is 4.62. The van der Waals surface area contributed by atoms with Gasteiger partial charge in [-0.3, -0.25) is 19.3 Å². The van der Waals surface area contributed by atoms with Crippen LogP contribution in [0.15, 0.2) is 53.4 Å². The molecule has 0 radical (unpaired) electrons. The van der Waals surface area contributed by atoms with Crippen LogP contribution in [0, 0.1) is 17.8 Å². The average molecular weight is 496 g/mol. The molecule has 184 valence electrons. The molecular formula is C26H29N3O5S. The summed E-state index contributed by atoms with van der Waals surface area (Å²) in [5.74, 6) is 0.581. The molecule has 2 N–H and O–H groups in total. The van der Waals surface area contributed by atoms with E-state index in [9.17, 15) is 22.8 Å². The Morgan fingerprint density at radius 1 is 1.00 bits per heavy atom. The van der Waals surface area contributed by atoms with E-state index < -0.39 is 21.8 Å². The molecule has 3 amide bonds. The molecule has 2 fully saturated rings. The SMILES string of the molecule is CC(NS(=O)(=O)c1ccc(NC(=O)CCN2C(=O)c3ccccc3C2=O)cc1)C1CC2CCC1C2. The average Bonchev–Trinajstić information content (AvgIpc) is 3.53. The van der Waals surface area contributed by atoms with E-state index in [4.69, 9.17) is 0 Å². The van der Waals surface area contributed by atoms with Crippen LogP contribution in [-0.4, -0.2) is 43.6 Å². The van der Waals surface area contributed by atoms with Gasteiger partial charge in [0.1, 0.15) is 0 Å². The lowest BCUT2D eigenvalue weighted by Crippen LogP contribution is -2.40. The van der Waals surface area contributed by atoms with Gasteiger partial charge in [0.05, 0.1) is 16.0 Å². The van der Waals surface area contributed by atoms with E-state index in [0.29, 0.717) is 28.7 Å². The topological polar surface area (TPSA) is 113 Å². The summed E-state index contributed by atoms with van der Waals surface area (Å²) >= 11 is 0. The van der Waals surface area contributed by atoms with E-state index in [2.05, 4.69) is 10.0 Å². The molecule has 2 aliphatic carbocycles. The molecule has 1 heterocycles. The highest BCUT2D eigenvalue weighted by Crippen LogP contribution is 2.49. The molecule has 35 heavy (non-hydrogen) atoms. The maximum Gasteiger partial charge on any atom is 0.261 e. The van der Waals surface area contributed by atoms with Gasteiger partial charge in [-0.25, -0.2) is 13.1 Å². The van der Waals surface area contributed by atoms with Crippen molar-refractivity contribution in [3.63, 3.8) is 0 Å². The van der Waals surface area contributed by atoms with Gasteiger partial charge in [-0.1, -0.05) is 18.6 Å². The van der Waals surface area contributed by atoms with Crippen LogP contribution in [0.3, 0.4) is 0 Å². The smallest absolute Gasteiger partial charge is 0.261 e. The van der Waals surface area contributed by atoms with E-state index in [1.807, 2.05) is 6.92 Å². The fourth-order valence-corrected chi connectivity index (χ4v) is 7.20. The largest absolute Gasteiger partial charge is 0.326 e. The van der Waals surface area contributed by atoms with Crippen LogP contribution in [0.2, 0.25) is 0 Å². The molecule has 9 heteroatoms. The van der Waals surface area contributed by atoms with Gasteiger partial charge in [-0.05, 0) is 80.3 Å². The maximum atomic E-state index is 12.9. The molecule has 0 aromatic heterocycles. The molecule has 2 aromatic rings. The predicted molar refractivity (Wildman–Crippen MR) is 130 cm³/mol. The van der Waals surface area contributed by atoms with E-state index in [0.717, 1.165) is 17.2 Å². The summed E-state index contributed by atoms with van der Waals surface area (Å²) in [7, 11) is -3.66. The quantitative estimate of drug-likeness (QED) is 0.545. The van der Waals surface area contributed by atoms with Gasteiger partial charge in [0.15, 0.2) is 0 Å². The number of nitrogens with zero attached hydrogens (tertiary/aromatic N) is 1. The molecule has 2 saturated carbocycles. The molecule has 2 bridgehead atoms. The van der Waals surface area contributed by atoms with Crippen molar-refractivity contribution in [2.75, 3.05) is 11.9 Å². The van der Waals surface area contributed by atoms with Crippen molar-refractivity contribution in [3.8, 4) is 0 Å². The minimum absolute atomic E-state index is 0.0323. The highest BCUT2D eigenvalue weighted by atomic mass is 32.2. The third-order valence-electron chi connectivity index (χ3n) is 7.67. The van der Waals surface area contributed by atoms with Crippen LogP contribution in [0.1, 0.15) is 59.7 Å². The summed E-state index contributed by atoms with van der Waals surface area (Å²) in [5, 5.41) is 2.70. The fraction of sp³-hybridized carbons (Fsp3) is 0.423. The van der Waals surface area contributed by atoms with Gasteiger partial charge in [-0.2, -0.15) is 0 Å². The number of carbonyl (C=O) groups is 3. The molecule has 8 nitrogen and oxygen atoms in total. The van der Waals surface area contributed by atoms with Crippen molar-refractivity contribution in [2.24, 2.45) is 17.8 Å². The standard InChI is InChI=1S/C26H29N3O5S/c1-16(23-15-17-6-7-18(23)14-17)28-35(33,34)20-10-8-19(9-11-20)27-24(30)12-13-29-25(31)21-4-2-3-5-22(21)26(29)32/h2-5,8-11,16-18,23,28H,6-7,12-15H2,1H3,(H,27,30). The Hall–Kier alpha value is -3.04. The summed E-state index contributed by atoms with van der Waals surface area (Å²) < 4.78 is 28.6. The van der Waals surface area contributed by atoms with Gasteiger partial charge in [0.2, 0.25) is 15.9 Å². The van der Waals surface area contributed by atoms with Crippen LogP contribution in [0.4, 0.5) is 5.69 Å². The first-order valence-corrected chi connectivity index (χ1v) is 13.6. The second kappa shape index (κ2) is 9.20. The molecule has 4 unspecified atom stereocenters. The third-order valence-corrected chi connectivity index (χ3v) is 9.24. The Labute approximate surface area is 205 Å². The minimum Gasteiger partial charge on any atom is -0.326 e. The number of imide groups is 1. The van der Waals surface area contributed by atoms with Gasteiger partial charge in [-0.15, -0.1) is 0 Å². The number of benzene rings is 2. The summed E-state index contributed by atoms with van der Waals surface area (Å²) in [6.45, 7) is 1.92. The lowest BCUT2D eigenvalue weighted by molar-refractivity contribution is -0.116. The van der Waals surface area contributed by atoms with Crippen molar-refractivity contribution in [1.29, 1.82) is 0 Å². The van der Waals surface area contributed by atoms with Gasteiger partial charge in [0, 0.05) is 24.7 Å². The number of amides is 3. The molecule has 1 aliphatic heterocycles. The zero-order valence-corrected chi connectivity index (χ0v) is 20.4. The zero-order chi connectivity index (χ0) is 24.7. The lowest BCUT2D eigenvalue weighted by Gasteiger charge is -2.28. The normalized spacial score (nSPS) is 24.0. The van der Waals surface area contributed by atoms with E-state index in [1.165, 1.54) is 43.5 Å². The number of fused-ring (bicyclic) bond motifs is 3. The van der Waals surface area contributed by atoms with E-state index in [1.54, 1.807) is 24.3 Å². The van der Waals surface area contributed by atoms with Gasteiger partial charge >= 0.3 is 0 Å². The van der Waals surface area contributed by atoms with Crippen molar-refractivity contribution in [3.05, 3.63) is 59.7 Å². The van der Waals surface area contributed by atoms with Crippen LogP contribution < -0.4 is 10.0 Å². The number of rotatable bonds is 8. The lowest BCUT2D eigenvalue weighted by atomic mass is 9.84. The Morgan fingerprint density at radius 2 is 1.66 bits per heavy atom. The Kier molecular flexibility index (Phi) is 6.23. The number of sulfonamides is 1. The van der Waals surface area contributed by atoms with Crippen LogP contribution in [-0.2, 0) is 14.8 Å². The Balaban J connectivity index is 1.14. The second-order valence-corrected chi connectivity index (χ2v) is 11.6. The summed E-state index contributed by atoms with van der Waals surface area (Å²) in [6.07, 6.45) is 4.72. The molecule has 3 aliphatic rings. The first-order chi connectivity index (χ1) is 16.7. The van der Waals surface area contributed by atoms with Crippen LogP contribution in [0.25, 0.3) is 0 Å². The molecule has 4 atom stereocenters. The number of carbonyl (C=O) groups excluding carboxylic acids is 3. The predicted octanol–water partition coefficient (Wildman–Crippen LogP) is 3.41. The highest BCUT2D eigenvalue weighted by molar-refractivity contribution is 7.89. The second-order valence-electron chi connectivity index (χ2n) is 9.88. The van der Waals surface area contributed by atoms with Crippen molar-refractivity contribution in [1.82, 2.24) is 9.62 Å².